The van der Waals surface area contributed by atoms with Crippen molar-refractivity contribution in [3.8, 4) is 12.1 Å². The molecule has 158 valence electrons. The van der Waals surface area contributed by atoms with E-state index in [1.807, 2.05) is 0 Å². The molecule has 0 heterocycles. The molecule has 0 amide bonds. The molecule has 3 N–H and O–H groups in total. The minimum absolute atomic E-state index is 0.00632. The second-order valence-corrected chi connectivity index (χ2v) is 10.4. The van der Waals surface area contributed by atoms with Crippen molar-refractivity contribution in [1.29, 1.82) is 10.5 Å². The maximum atomic E-state index is 12.4. The standard InChI is InChI=1S/C16H13N3O8S3/c17-9-12-2-3-14(7-13(12)10-18)28(20,21)19-6-5-11-1-4-15(29(22,23)24)8-16(11)30(25,26)27/h1-4,7-8,19H,5-6H2,(H,22,23,24)(H,25,26,27). The van der Waals surface area contributed by atoms with Crippen LogP contribution in [0.4, 0.5) is 0 Å². The summed E-state index contributed by atoms with van der Waals surface area (Å²) in [7, 11) is -13.7. The Labute approximate surface area is 172 Å². The molecule has 0 aromatic heterocycles. The van der Waals surface area contributed by atoms with Crippen molar-refractivity contribution >= 4 is 30.3 Å². The third-order valence-corrected chi connectivity index (χ3v) is 7.09. The molecule has 2 rings (SSSR count). The van der Waals surface area contributed by atoms with E-state index in [1.54, 1.807) is 12.1 Å². The Kier molecular flexibility index (Phi) is 6.63. The van der Waals surface area contributed by atoms with Crippen LogP contribution in [0.3, 0.4) is 0 Å². The van der Waals surface area contributed by atoms with Gasteiger partial charge in [0.05, 0.1) is 25.8 Å². The zero-order chi connectivity index (χ0) is 22.7. The molecule has 0 radical (unpaired) electrons. The molecule has 0 unspecified atom stereocenters. The number of benzene rings is 2. The van der Waals surface area contributed by atoms with Gasteiger partial charge in [0.25, 0.3) is 20.2 Å². The molecule has 0 fully saturated rings. The van der Waals surface area contributed by atoms with Crippen LogP contribution >= 0.6 is 0 Å². The van der Waals surface area contributed by atoms with E-state index in [-0.39, 0.29) is 34.6 Å². The Morgan fingerprint density at radius 2 is 1.40 bits per heavy atom. The first-order valence-corrected chi connectivity index (χ1v) is 12.2. The Morgan fingerprint density at radius 1 is 0.800 bits per heavy atom. The van der Waals surface area contributed by atoms with Crippen LogP contribution in [0.2, 0.25) is 0 Å². The van der Waals surface area contributed by atoms with Gasteiger partial charge in [-0.1, -0.05) is 6.07 Å². The highest BCUT2D eigenvalue weighted by molar-refractivity contribution is 7.89. The largest absolute Gasteiger partial charge is 0.294 e. The van der Waals surface area contributed by atoms with Crippen LogP contribution in [0.25, 0.3) is 0 Å². The van der Waals surface area contributed by atoms with Crippen LogP contribution in [0, 0.1) is 22.7 Å². The molecule has 30 heavy (non-hydrogen) atoms. The molecule has 0 bridgehead atoms. The van der Waals surface area contributed by atoms with Crippen molar-refractivity contribution in [2.45, 2.75) is 21.1 Å². The third-order valence-electron chi connectivity index (χ3n) is 3.84. The summed E-state index contributed by atoms with van der Waals surface area (Å²) in [5, 5.41) is 17.9. The zero-order valence-electron chi connectivity index (χ0n) is 14.8. The normalized spacial score (nSPS) is 12.1. The van der Waals surface area contributed by atoms with Crippen molar-refractivity contribution in [3.05, 3.63) is 53.1 Å². The van der Waals surface area contributed by atoms with E-state index in [2.05, 4.69) is 4.72 Å². The van der Waals surface area contributed by atoms with Gasteiger partial charge >= 0.3 is 0 Å². The molecule has 0 aliphatic rings. The maximum absolute atomic E-state index is 12.4. The van der Waals surface area contributed by atoms with Gasteiger partial charge in [-0.15, -0.1) is 0 Å². The highest BCUT2D eigenvalue weighted by Gasteiger charge is 2.21. The fraction of sp³-hybridized carbons (Fsp3) is 0.125. The highest BCUT2D eigenvalue weighted by Crippen LogP contribution is 2.21. The second-order valence-electron chi connectivity index (χ2n) is 5.80. The van der Waals surface area contributed by atoms with Gasteiger partial charge in [0.15, 0.2) is 0 Å². The SMILES string of the molecule is N#Cc1ccc(S(=O)(=O)NCCc2ccc(S(=O)(=O)O)cc2S(=O)(=O)O)cc1C#N. The predicted molar refractivity (Wildman–Crippen MR) is 101 cm³/mol. The van der Waals surface area contributed by atoms with Crippen LogP contribution in [0.15, 0.2) is 51.1 Å². The van der Waals surface area contributed by atoms with Gasteiger partial charge in [-0.3, -0.25) is 9.11 Å². The van der Waals surface area contributed by atoms with E-state index in [1.165, 1.54) is 0 Å². The van der Waals surface area contributed by atoms with Crippen molar-refractivity contribution in [3.63, 3.8) is 0 Å². The molecule has 14 heteroatoms. The van der Waals surface area contributed by atoms with Gasteiger partial charge < -0.3 is 0 Å². The van der Waals surface area contributed by atoms with Crippen LogP contribution < -0.4 is 4.72 Å². The van der Waals surface area contributed by atoms with Crippen LogP contribution in [-0.2, 0) is 36.7 Å². The summed E-state index contributed by atoms with van der Waals surface area (Å²) in [5.41, 5.74) is -0.256. The molecule has 0 spiro atoms. The van der Waals surface area contributed by atoms with E-state index in [4.69, 9.17) is 15.1 Å². The number of hydrogen-bond acceptors (Lipinski definition) is 8. The molecule has 0 atom stereocenters. The first-order chi connectivity index (χ1) is 13.8. The quantitative estimate of drug-likeness (QED) is 0.475. The second kappa shape index (κ2) is 8.49. The molecule has 0 aliphatic heterocycles. The van der Waals surface area contributed by atoms with Crippen molar-refractivity contribution < 1.29 is 34.4 Å². The van der Waals surface area contributed by atoms with E-state index in [0.29, 0.717) is 6.07 Å². The molecular weight excluding hydrogens is 458 g/mol. The highest BCUT2D eigenvalue weighted by atomic mass is 32.2. The van der Waals surface area contributed by atoms with Crippen molar-refractivity contribution in [2.24, 2.45) is 0 Å². The van der Waals surface area contributed by atoms with Gasteiger partial charge in [0.2, 0.25) is 10.0 Å². The lowest BCUT2D eigenvalue weighted by molar-refractivity contribution is 0.480. The number of rotatable bonds is 7. The van der Waals surface area contributed by atoms with Crippen LogP contribution in [-0.4, -0.2) is 40.9 Å². The van der Waals surface area contributed by atoms with Crippen LogP contribution in [0.1, 0.15) is 16.7 Å². The summed E-state index contributed by atoms with van der Waals surface area (Å²) in [5.74, 6) is 0. The van der Waals surface area contributed by atoms with Crippen LogP contribution in [0.5, 0.6) is 0 Å². The maximum Gasteiger partial charge on any atom is 0.294 e. The summed E-state index contributed by atoms with van der Waals surface area (Å²) in [4.78, 5) is -1.86. The lowest BCUT2D eigenvalue weighted by Crippen LogP contribution is -2.26. The van der Waals surface area contributed by atoms with Crippen molar-refractivity contribution in [1.82, 2.24) is 4.72 Å². The number of nitrogens with zero attached hydrogens (tertiary/aromatic N) is 2. The zero-order valence-corrected chi connectivity index (χ0v) is 17.3. The van der Waals surface area contributed by atoms with E-state index in [0.717, 1.165) is 30.3 Å². The smallest absolute Gasteiger partial charge is 0.282 e. The Morgan fingerprint density at radius 3 is 1.93 bits per heavy atom. The number of sulfonamides is 1. The van der Waals surface area contributed by atoms with Gasteiger partial charge in [-0.25, -0.2) is 13.1 Å². The van der Waals surface area contributed by atoms with E-state index < -0.39 is 40.1 Å². The van der Waals surface area contributed by atoms with E-state index >= 15 is 0 Å². The lowest BCUT2D eigenvalue weighted by Gasteiger charge is -2.10. The Hall–Kier alpha value is -2.85. The first-order valence-electron chi connectivity index (χ1n) is 7.81. The summed E-state index contributed by atoms with van der Waals surface area (Å²) in [6.07, 6.45) is -0.262. The molecule has 2 aromatic carbocycles. The minimum atomic E-state index is -4.87. The molecule has 2 aromatic rings. The molecule has 11 nitrogen and oxygen atoms in total. The summed E-state index contributed by atoms with van der Waals surface area (Å²) in [6, 6.07) is 9.19. The average molecular weight is 471 g/mol. The fourth-order valence-electron chi connectivity index (χ4n) is 2.43. The monoisotopic (exact) mass is 471 g/mol. The predicted octanol–water partition coefficient (Wildman–Crippen LogP) is 0.444. The molecular formula is C16H13N3O8S3. The summed E-state index contributed by atoms with van der Waals surface area (Å²) < 4.78 is 90.6. The lowest BCUT2D eigenvalue weighted by atomic mass is 10.1. The third kappa shape index (κ3) is 5.39. The average Bonchev–Trinajstić information content (AvgIpc) is 2.65. The Balaban J connectivity index is 2.28. The fourth-order valence-corrected chi connectivity index (χ4v) is 4.84. The summed E-state index contributed by atoms with van der Waals surface area (Å²) in [6.45, 7) is -0.349. The number of hydrogen-bond donors (Lipinski definition) is 3. The number of nitriles is 2. The van der Waals surface area contributed by atoms with E-state index in [9.17, 15) is 29.8 Å². The van der Waals surface area contributed by atoms with Gasteiger partial charge in [-0.05, 0) is 42.3 Å². The number of nitrogens with one attached hydrogen (secondary N) is 1. The van der Waals surface area contributed by atoms with Crippen molar-refractivity contribution in [2.75, 3.05) is 6.54 Å². The minimum Gasteiger partial charge on any atom is -0.282 e. The van der Waals surface area contributed by atoms with Gasteiger partial charge in [0, 0.05) is 6.54 Å². The first kappa shape index (κ1) is 23.4. The molecule has 0 saturated heterocycles. The summed E-state index contributed by atoms with van der Waals surface area (Å²) >= 11 is 0. The van der Waals surface area contributed by atoms with Gasteiger partial charge in [-0.2, -0.15) is 27.4 Å². The molecule has 0 aliphatic carbocycles. The molecule has 0 saturated carbocycles. The topological polar surface area (TPSA) is 202 Å². The Bertz CT molecular complexity index is 1400. The van der Waals surface area contributed by atoms with Gasteiger partial charge in [0.1, 0.15) is 12.1 Å².